The minimum Gasteiger partial charge on any atom is -0.321 e. The average molecular weight is 384 g/mol. The Bertz CT molecular complexity index is 390. The van der Waals surface area contributed by atoms with Gasteiger partial charge in [-0.05, 0) is 66.0 Å². The summed E-state index contributed by atoms with van der Waals surface area (Å²) in [6.45, 7) is 3.38. The van der Waals surface area contributed by atoms with Crippen molar-refractivity contribution in [3.8, 4) is 0 Å². The van der Waals surface area contributed by atoms with Gasteiger partial charge in [-0.3, -0.25) is 4.79 Å². The normalized spacial score (nSPS) is 9.64. The van der Waals surface area contributed by atoms with E-state index in [0.29, 0.717) is 5.69 Å². The number of rotatable bonds is 2. The monoisotopic (exact) mass is 381 g/mol. The van der Waals surface area contributed by atoms with E-state index < -0.39 is 0 Å². The van der Waals surface area contributed by atoms with E-state index in [2.05, 4.69) is 59.7 Å². The zero-order valence-electron chi connectivity index (χ0n) is 6.98. The minimum atomic E-state index is -0.236. The zero-order valence-corrected chi connectivity index (χ0v) is 11.7. The molecule has 0 saturated heterocycles. The van der Waals surface area contributed by atoms with Crippen LogP contribution in [0.3, 0.4) is 0 Å². The van der Waals surface area contributed by atoms with Crippen molar-refractivity contribution in [2.45, 2.75) is 0 Å². The Morgan fingerprint density at radius 2 is 1.93 bits per heavy atom. The Morgan fingerprint density at radius 1 is 1.29 bits per heavy atom. The van der Waals surface area contributed by atoms with Gasteiger partial charge in [0.1, 0.15) is 0 Å². The molecule has 1 aromatic carbocycles. The van der Waals surface area contributed by atoms with E-state index in [1.807, 2.05) is 6.07 Å². The predicted octanol–water partition coefficient (Wildman–Crippen LogP) is 4.10. The molecule has 1 aromatic rings. The fourth-order valence-corrected chi connectivity index (χ4v) is 2.19. The smallest absolute Gasteiger partial charge is 0.247 e. The highest BCUT2D eigenvalue weighted by Gasteiger charge is 2.08. The molecule has 0 bridgehead atoms. The minimum absolute atomic E-state index is 0.236. The van der Waals surface area contributed by atoms with Crippen LogP contribution >= 0.6 is 47.8 Å². The van der Waals surface area contributed by atoms with E-state index in [-0.39, 0.29) is 5.91 Å². The molecule has 0 heterocycles. The third-order valence-electron chi connectivity index (χ3n) is 1.48. The first-order chi connectivity index (χ1) is 6.56. The molecule has 0 aliphatic carbocycles. The first kappa shape index (κ1) is 11.9. The van der Waals surface area contributed by atoms with Gasteiger partial charge in [-0.25, -0.2) is 0 Å². The number of benzene rings is 1. The standard InChI is InChI=1S/C9H6Br3NO/c1-2-7(14)13-6-4-3-5(10)8(11)9(6)12/h2-4H,1H2,(H,13,14). The van der Waals surface area contributed by atoms with E-state index in [4.69, 9.17) is 0 Å². The van der Waals surface area contributed by atoms with Gasteiger partial charge < -0.3 is 5.32 Å². The van der Waals surface area contributed by atoms with Crippen LogP contribution in [0.5, 0.6) is 0 Å². The van der Waals surface area contributed by atoms with Crippen molar-refractivity contribution < 1.29 is 4.79 Å². The highest BCUT2D eigenvalue weighted by Crippen LogP contribution is 2.36. The predicted molar refractivity (Wildman–Crippen MR) is 68.4 cm³/mol. The van der Waals surface area contributed by atoms with Crippen LogP contribution < -0.4 is 5.32 Å². The van der Waals surface area contributed by atoms with Crippen LogP contribution in [0.4, 0.5) is 5.69 Å². The molecule has 0 saturated carbocycles. The molecule has 74 valence electrons. The summed E-state index contributed by atoms with van der Waals surface area (Å²) in [4.78, 5) is 11.1. The van der Waals surface area contributed by atoms with Gasteiger partial charge >= 0.3 is 0 Å². The lowest BCUT2D eigenvalue weighted by Gasteiger charge is -2.07. The fourth-order valence-electron chi connectivity index (χ4n) is 0.806. The summed E-state index contributed by atoms with van der Waals surface area (Å²) < 4.78 is 2.57. The Balaban J connectivity index is 3.05. The van der Waals surface area contributed by atoms with Crippen LogP contribution in [0, 0.1) is 0 Å². The van der Waals surface area contributed by atoms with Gasteiger partial charge in [-0.15, -0.1) is 0 Å². The molecular weight excluding hydrogens is 378 g/mol. The molecule has 0 radical (unpaired) electrons. The number of nitrogens with one attached hydrogen (secondary N) is 1. The number of carbonyl (C=O) groups is 1. The van der Waals surface area contributed by atoms with E-state index in [1.54, 1.807) is 6.07 Å². The molecule has 0 spiro atoms. The zero-order chi connectivity index (χ0) is 10.7. The Labute approximate surface area is 107 Å². The number of carbonyl (C=O) groups excluding carboxylic acids is 1. The van der Waals surface area contributed by atoms with Crippen molar-refractivity contribution in [2.75, 3.05) is 5.32 Å². The SMILES string of the molecule is C=CC(=O)Nc1ccc(Br)c(Br)c1Br. The van der Waals surface area contributed by atoms with Gasteiger partial charge in [0.15, 0.2) is 0 Å². The van der Waals surface area contributed by atoms with Crippen molar-refractivity contribution in [2.24, 2.45) is 0 Å². The molecule has 0 fully saturated rings. The van der Waals surface area contributed by atoms with Crippen LogP contribution in [0.25, 0.3) is 0 Å². The molecule has 5 heteroatoms. The number of hydrogen-bond donors (Lipinski definition) is 1. The van der Waals surface area contributed by atoms with Crippen molar-refractivity contribution in [3.63, 3.8) is 0 Å². The molecular formula is C9H6Br3NO. The Kier molecular flexibility index (Phi) is 4.34. The lowest BCUT2D eigenvalue weighted by molar-refractivity contribution is -0.111. The van der Waals surface area contributed by atoms with Crippen LogP contribution in [0.2, 0.25) is 0 Å². The Hall–Kier alpha value is -0.130. The van der Waals surface area contributed by atoms with Crippen molar-refractivity contribution in [3.05, 3.63) is 38.2 Å². The third-order valence-corrected chi connectivity index (χ3v) is 4.85. The third kappa shape index (κ3) is 2.68. The lowest BCUT2D eigenvalue weighted by Crippen LogP contribution is -2.07. The van der Waals surface area contributed by atoms with Crippen LogP contribution in [-0.2, 0) is 4.79 Å². The molecule has 2 nitrogen and oxygen atoms in total. The second kappa shape index (κ2) is 5.09. The van der Waals surface area contributed by atoms with E-state index in [1.165, 1.54) is 6.08 Å². The van der Waals surface area contributed by atoms with Gasteiger partial charge in [-0.1, -0.05) is 6.58 Å². The number of amides is 1. The van der Waals surface area contributed by atoms with Crippen molar-refractivity contribution in [1.29, 1.82) is 0 Å². The van der Waals surface area contributed by atoms with Gasteiger partial charge in [-0.2, -0.15) is 0 Å². The first-order valence-corrected chi connectivity index (χ1v) is 6.01. The van der Waals surface area contributed by atoms with E-state index in [9.17, 15) is 4.79 Å². The molecule has 1 rings (SSSR count). The second-order valence-corrected chi connectivity index (χ2v) is 4.86. The molecule has 14 heavy (non-hydrogen) atoms. The summed E-state index contributed by atoms with van der Waals surface area (Å²) in [7, 11) is 0. The van der Waals surface area contributed by atoms with E-state index >= 15 is 0 Å². The summed E-state index contributed by atoms with van der Waals surface area (Å²) in [5, 5.41) is 2.67. The quantitative estimate of drug-likeness (QED) is 0.604. The molecule has 0 unspecified atom stereocenters. The summed E-state index contributed by atoms with van der Waals surface area (Å²) >= 11 is 10.1. The molecule has 0 aliphatic rings. The number of halogens is 3. The maximum Gasteiger partial charge on any atom is 0.247 e. The van der Waals surface area contributed by atoms with Gasteiger partial charge in [0, 0.05) is 8.95 Å². The molecule has 0 aliphatic heterocycles. The van der Waals surface area contributed by atoms with Crippen LogP contribution in [-0.4, -0.2) is 5.91 Å². The van der Waals surface area contributed by atoms with Crippen LogP contribution in [0.15, 0.2) is 38.2 Å². The fraction of sp³-hybridized carbons (Fsp3) is 0. The first-order valence-electron chi connectivity index (χ1n) is 3.63. The van der Waals surface area contributed by atoms with Gasteiger partial charge in [0.25, 0.3) is 0 Å². The molecule has 1 N–H and O–H groups in total. The van der Waals surface area contributed by atoms with Crippen LogP contribution in [0.1, 0.15) is 0 Å². The van der Waals surface area contributed by atoms with Gasteiger partial charge in [0.05, 0.1) is 10.2 Å². The van der Waals surface area contributed by atoms with E-state index in [0.717, 1.165) is 13.4 Å². The number of anilines is 1. The van der Waals surface area contributed by atoms with Crippen molar-refractivity contribution >= 4 is 59.4 Å². The number of hydrogen-bond acceptors (Lipinski definition) is 1. The van der Waals surface area contributed by atoms with Crippen molar-refractivity contribution in [1.82, 2.24) is 0 Å². The lowest BCUT2D eigenvalue weighted by atomic mass is 10.3. The molecule has 1 amide bonds. The molecule has 0 aromatic heterocycles. The maximum atomic E-state index is 11.1. The summed E-state index contributed by atoms with van der Waals surface area (Å²) in [6, 6.07) is 3.63. The summed E-state index contributed by atoms with van der Waals surface area (Å²) in [6.07, 6.45) is 1.22. The maximum absolute atomic E-state index is 11.1. The second-order valence-electron chi connectivity index (χ2n) is 2.42. The summed E-state index contributed by atoms with van der Waals surface area (Å²) in [5.41, 5.74) is 0.699. The average Bonchev–Trinajstić information content (AvgIpc) is 2.19. The summed E-state index contributed by atoms with van der Waals surface area (Å²) in [5.74, 6) is -0.236. The van der Waals surface area contributed by atoms with Gasteiger partial charge in [0.2, 0.25) is 5.91 Å². The largest absolute Gasteiger partial charge is 0.321 e. The highest BCUT2D eigenvalue weighted by molar-refractivity contribution is 9.14. The highest BCUT2D eigenvalue weighted by atomic mass is 79.9. The molecule has 0 atom stereocenters. The Morgan fingerprint density at radius 3 is 2.50 bits per heavy atom. The topological polar surface area (TPSA) is 29.1 Å².